The van der Waals surface area contributed by atoms with Crippen LogP contribution in [0.15, 0.2) is 18.2 Å². The van der Waals surface area contributed by atoms with E-state index in [9.17, 15) is 4.79 Å². The molecule has 112 valence electrons. The fourth-order valence-corrected chi connectivity index (χ4v) is 4.20. The second-order valence-electron chi connectivity index (χ2n) is 6.55. The van der Waals surface area contributed by atoms with Gasteiger partial charge in [0, 0.05) is 18.2 Å². The number of amides is 1. The van der Waals surface area contributed by atoms with Crippen molar-refractivity contribution in [3.05, 3.63) is 18.2 Å². The molecule has 1 aromatic carbocycles. The minimum absolute atomic E-state index is 0.129. The molecule has 0 radical (unpaired) electrons. The van der Waals surface area contributed by atoms with Gasteiger partial charge in [-0.05, 0) is 49.1 Å². The van der Waals surface area contributed by atoms with Crippen molar-refractivity contribution >= 4 is 11.6 Å². The lowest BCUT2D eigenvalue weighted by Gasteiger charge is -2.21. The SMILES string of the molecule is O=C(C[C@@H]1C[C@@H]2CC[C@@H]1C2)Nc1ccc2c(c1)OCCO2. The Morgan fingerprint density at radius 2 is 2.00 bits per heavy atom. The normalized spacial score (nSPS) is 29.4. The highest BCUT2D eigenvalue weighted by atomic mass is 16.6. The van der Waals surface area contributed by atoms with Crippen molar-refractivity contribution in [3.8, 4) is 11.5 Å². The van der Waals surface area contributed by atoms with Crippen LogP contribution in [0.2, 0.25) is 0 Å². The highest BCUT2D eigenvalue weighted by Crippen LogP contribution is 2.49. The van der Waals surface area contributed by atoms with E-state index < -0.39 is 0 Å². The van der Waals surface area contributed by atoms with E-state index in [1.165, 1.54) is 25.7 Å². The zero-order chi connectivity index (χ0) is 14.2. The van der Waals surface area contributed by atoms with Gasteiger partial charge in [0.1, 0.15) is 13.2 Å². The summed E-state index contributed by atoms with van der Waals surface area (Å²) >= 11 is 0. The van der Waals surface area contributed by atoms with Gasteiger partial charge < -0.3 is 14.8 Å². The van der Waals surface area contributed by atoms with Crippen molar-refractivity contribution in [2.75, 3.05) is 18.5 Å². The number of hydrogen-bond donors (Lipinski definition) is 1. The molecule has 4 nitrogen and oxygen atoms in total. The number of carbonyl (C=O) groups excluding carboxylic acids is 1. The molecule has 1 N–H and O–H groups in total. The highest BCUT2D eigenvalue weighted by Gasteiger charge is 2.40. The summed E-state index contributed by atoms with van der Waals surface area (Å²) in [4.78, 5) is 12.2. The average molecular weight is 287 g/mol. The van der Waals surface area contributed by atoms with Crippen molar-refractivity contribution in [1.82, 2.24) is 0 Å². The second kappa shape index (κ2) is 5.24. The molecular weight excluding hydrogens is 266 g/mol. The summed E-state index contributed by atoms with van der Waals surface area (Å²) in [5.74, 6) is 3.89. The van der Waals surface area contributed by atoms with Crippen LogP contribution >= 0.6 is 0 Å². The Labute approximate surface area is 124 Å². The van der Waals surface area contributed by atoms with Gasteiger partial charge in [-0.15, -0.1) is 0 Å². The van der Waals surface area contributed by atoms with Crippen LogP contribution in [0.3, 0.4) is 0 Å². The van der Waals surface area contributed by atoms with E-state index in [4.69, 9.17) is 9.47 Å². The first-order valence-corrected chi connectivity index (χ1v) is 7.97. The molecule has 0 aromatic heterocycles. The van der Waals surface area contributed by atoms with Crippen LogP contribution in [0.1, 0.15) is 32.1 Å². The van der Waals surface area contributed by atoms with Gasteiger partial charge in [0.25, 0.3) is 0 Å². The number of fused-ring (bicyclic) bond motifs is 3. The van der Waals surface area contributed by atoms with E-state index in [1.54, 1.807) is 0 Å². The Bertz CT molecular complexity index is 557. The van der Waals surface area contributed by atoms with Crippen LogP contribution in [0.5, 0.6) is 11.5 Å². The molecule has 3 atom stereocenters. The number of nitrogens with one attached hydrogen (secondary N) is 1. The molecule has 3 aliphatic rings. The number of carbonyl (C=O) groups is 1. The smallest absolute Gasteiger partial charge is 0.224 e. The summed E-state index contributed by atoms with van der Waals surface area (Å²) in [6.07, 6.45) is 5.97. The Hall–Kier alpha value is -1.71. The molecule has 4 rings (SSSR count). The standard InChI is InChI=1S/C17H21NO3/c19-17(9-13-8-11-1-2-12(13)7-11)18-14-3-4-15-16(10-14)21-6-5-20-15/h3-4,10-13H,1-2,5-9H2,(H,18,19)/t11-,12-,13+/m1/s1. The predicted octanol–water partition coefficient (Wildman–Crippen LogP) is 3.22. The maximum absolute atomic E-state index is 12.2. The minimum Gasteiger partial charge on any atom is -0.486 e. The molecular formula is C17H21NO3. The number of hydrogen-bond acceptors (Lipinski definition) is 3. The van der Waals surface area contributed by atoms with Gasteiger partial charge in [0.05, 0.1) is 0 Å². The van der Waals surface area contributed by atoms with E-state index in [0.717, 1.165) is 29.0 Å². The van der Waals surface area contributed by atoms with E-state index >= 15 is 0 Å². The molecule has 1 heterocycles. The summed E-state index contributed by atoms with van der Waals surface area (Å²) in [6.45, 7) is 1.15. The summed E-state index contributed by atoms with van der Waals surface area (Å²) in [6, 6.07) is 5.60. The van der Waals surface area contributed by atoms with Crippen LogP contribution < -0.4 is 14.8 Å². The molecule has 0 saturated heterocycles. The summed E-state index contributed by atoms with van der Waals surface area (Å²) in [5.41, 5.74) is 0.799. The van der Waals surface area contributed by atoms with Gasteiger partial charge in [-0.1, -0.05) is 6.42 Å². The minimum atomic E-state index is 0.129. The fraction of sp³-hybridized carbons (Fsp3) is 0.588. The molecule has 21 heavy (non-hydrogen) atoms. The maximum Gasteiger partial charge on any atom is 0.224 e. The van der Waals surface area contributed by atoms with Crippen molar-refractivity contribution in [1.29, 1.82) is 0 Å². The largest absolute Gasteiger partial charge is 0.486 e. The van der Waals surface area contributed by atoms with Crippen LogP contribution in [-0.4, -0.2) is 19.1 Å². The Balaban J connectivity index is 1.38. The quantitative estimate of drug-likeness (QED) is 0.928. The molecule has 2 saturated carbocycles. The van der Waals surface area contributed by atoms with Crippen LogP contribution in [0, 0.1) is 17.8 Å². The predicted molar refractivity (Wildman–Crippen MR) is 79.6 cm³/mol. The van der Waals surface area contributed by atoms with E-state index in [1.807, 2.05) is 18.2 Å². The third-order valence-corrected chi connectivity index (χ3v) is 5.16. The summed E-state index contributed by atoms with van der Waals surface area (Å²) < 4.78 is 11.0. The molecule has 0 unspecified atom stereocenters. The molecule has 2 bridgehead atoms. The molecule has 1 amide bonds. The summed E-state index contributed by atoms with van der Waals surface area (Å²) in [5, 5.41) is 3.00. The molecule has 0 spiro atoms. The number of rotatable bonds is 3. The monoisotopic (exact) mass is 287 g/mol. The van der Waals surface area contributed by atoms with Gasteiger partial charge >= 0.3 is 0 Å². The fourth-order valence-electron chi connectivity index (χ4n) is 4.20. The van der Waals surface area contributed by atoms with E-state index in [2.05, 4.69) is 5.32 Å². The van der Waals surface area contributed by atoms with E-state index in [-0.39, 0.29) is 5.91 Å². The van der Waals surface area contributed by atoms with Crippen molar-refractivity contribution < 1.29 is 14.3 Å². The Morgan fingerprint density at radius 1 is 1.14 bits per heavy atom. The molecule has 2 aliphatic carbocycles. The lowest BCUT2D eigenvalue weighted by atomic mass is 9.86. The number of ether oxygens (including phenoxy) is 2. The first-order valence-electron chi connectivity index (χ1n) is 7.97. The molecule has 4 heteroatoms. The van der Waals surface area contributed by atoms with Gasteiger partial charge in [0.15, 0.2) is 11.5 Å². The van der Waals surface area contributed by atoms with Gasteiger partial charge in [-0.25, -0.2) is 0 Å². The topological polar surface area (TPSA) is 47.6 Å². The highest BCUT2D eigenvalue weighted by molar-refractivity contribution is 5.91. The zero-order valence-corrected chi connectivity index (χ0v) is 12.1. The van der Waals surface area contributed by atoms with E-state index in [0.29, 0.717) is 25.6 Å². The van der Waals surface area contributed by atoms with Crippen molar-refractivity contribution in [2.24, 2.45) is 17.8 Å². The molecule has 1 aromatic rings. The third-order valence-electron chi connectivity index (χ3n) is 5.16. The van der Waals surface area contributed by atoms with Crippen LogP contribution in [0.25, 0.3) is 0 Å². The second-order valence-corrected chi connectivity index (χ2v) is 6.55. The van der Waals surface area contributed by atoms with Crippen LogP contribution in [-0.2, 0) is 4.79 Å². The first kappa shape index (κ1) is 13.0. The average Bonchev–Trinajstić information content (AvgIpc) is 3.09. The Kier molecular flexibility index (Phi) is 3.24. The summed E-state index contributed by atoms with van der Waals surface area (Å²) in [7, 11) is 0. The maximum atomic E-state index is 12.2. The lowest BCUT2D eigenvalue weighted by Crippen LogP contribution is -2.20. The van der Waals surface area contributed by atoms with Gasteiger partial charge in [-0.3, -0.25) is 4.79 Å². The van der Waals surface area contributed by atoms with Gasteiger partial charge in [-0.2, -0.15) is 0 Å². The molecule has 2 fully saturated rings. The zero-order valence-electron chi connectivity index (χ0n) is 12.1. The van der Waals surface area contributed by atoms with Crippen molar-refractivity contribution in [2.45, 2.75) is 32.1 Å². The number of anilines is 1. The lowest BCUT2D eigenvalue weighted by molar-refractivity contribution is -0.117. The Morgan fingerprint density at radius 3 is 2.76 bits per heavy atom. The first-order chi connectivity index (χ1) is 10.3. The molecule has 1 aliphatic heterocycles. The van der Waals surface area contributed by atoms with Crippen molar-refractivity contribution in [3.63, 3.8) is 0 Å². The number of benzene rings is 1. The van der Waals surface area contributed by atoms with Crippen LogP contribution in [0.4, 0.5) is 5.69 Å². The van der Waals surface area contributed by atoms with Gasteiger partial charge in [0.2, 0.25) is 5.91 Å². The third kappa shape index (κ3) is 2.59.